The molecule has 70 valence electrons. The number of fused-ring (bicyclic) bond motifs is 1. The predicted molar refractivity (Wildman–Crippen MR) is 52.1 cm³/mol. The molecular weight excluding hydrogens is 160 g/mol. The van der Waals surface area contributed by atoms with Gasteiger partial charge in [0, 0.05) is 11.8 Å². The van der Waals surface area contributed by atoms with Crippen molar-refractivity contribution >= 4 is 0 Å². The zero-order valence-electron chi connectivity index (χ0n) is 8.09. The number of hydrogen-bond acceptors (Lipinski definition) is 1. The lowest BCUT2D eigenvalue weighted by molar-refractivity contribution is -0.00892. The van der Waals surface area contributed by atoms with E-state index in [0.717, 1.165) is 6.42 Å². The largest absolute Gasteiger partial charge is 0.385 e. The van der Waals surface area contributed by atoms with E-state index in [1.54, 1.807) is 6.08 Å². The van der Waals surface area contributed by atoms with Crippen LogP contribution in [0.1, 0.15) is 19.8 Å². The lowest BCUT2D eigenvalue weighted by Gasteiger charge is -2.40. The van der Waals surface area contributed by atoms with E-state index < -0.39 is 5.60 Å². The van der Waals surface area contributed by atoms with Gasteiger partial charge in [-0.25, -0.2) is 0 Å². The molecule has 1 nitrogen and oxygen atoms in total. The molecule has 0 radical (unpaired) electrons. The average Bonchev–Trinajstić information content (AvgIpc) is 2.67. The summed E-state index contributed by atoms with van der Waals surface area (Å²) in [5.74, 6) is 1.33. The van der Waals surface area contributed by atoms with Crippen LogP contribution in [0.15, 0.2) is 24.8 Å². The number of aliphatic hydroxyl groups is 1. The summed E-state index contributed by atoms with van der Waals surface area (Å²) in [5.41, 5.74) is 1.03. The summed E-state index contributed by atoms with van der Waals surface area (Å²) in [6, 6.07) is 0. The summed E-state index contributed by atoms with van der Waals surface area (Å²) in [4.78, 5) is 0. The molecule has 5 atom stereocenters. The van der Waals surface area contributed by atoms with E-state index in [1.807, 2.05) is 0 Å². The highest BCUT2D eigenvalue weighted by atomic mass is 16.3. The van der Waals surface area contributed by atoms with Crippen molar-refractivity contribution in [2.45, 2.75) is 25.4 Å². The average molecular weight is 176 g/mol. The molecule has 0 aromatic heterocycles. The lowest BCUT2D eigenvalue weighted by Crippen LogP contribution is -2.42. The van der Waals surface area contributed by atoms with Gasteiger partial charge in [0.05, 0.1) is 5.60 Å². The van der Waals surface area contributed by atoms with E-state index in [1.165, 1.54) is 12.0 Å². The van der Waals surface area contributed by atoms with Crippen LogP contribution in [0.25, 0.3) is 0 Å². The van der Waals surface area contributed by atoms with Gasteiger partial charge in [0.2, 0.25) is 0 Å². The van der Waals surface area contributed by atoms with Crippen molar-refractivity contribution in [1.29, 1.82) is 0 Å². The molecule has 4 bridgehead atoms. The minimum atomic E-state index is -0.616. The van der Waals surface area contributed by atoms with E-state index in [9.17, 15) is 5.11 Å². The standard InChI is InChI=1S/C12H16O/c1-4-12(13)8-5-6-11(3)9(7(8)2)10(11)12/h4,8-10,13H,1-2,5-6H2,3H3/t8-,9+,10-,11+,12-/m1/s1. The molecule has 4 aliphatic rings. The molecule has 0 saturated heterocycles. The minimum Gasteiger partial charge on any atom is -0.385 e. The van der Waals surface area contributed by atoms with E-state index in [4.69, 9.17) is 0 Å². The molecule has 0 aromatic rings. The van der Waals surface area contributed by atoms with Crippen molar-refractivity contribution in [2.24, 2.45) is 23.2 Å². The topological polar surface area (TPSA) is 20.2 Å². The van der Waals surface area contributed by atoms with Crippen LogP contribution in [0.4, 0.5) is 0 Å². The van der Waals surface area contributed by atoms with E-state index in [0.29, 0.717) is 23.2 Å². The van der Waals surface area contributed by atoms with Gasteiger partial charge in [0.25, 0.3) is 0 Å². The predicted octanol–water partition coefficient (Wildman–Crippen LogP) is 2.14. The van der Waals surface area contributed by atoms with Crippen molar-refractivity contribution < 1.29 is 5.11 Å². The molecule has 4 rings (SSSR count). The molecule has 1 N–H and O–H groups in total. The van der Waals surface area contributed by atoms with Crippen LogP contribution in [-0.4, -0.2) is 10.7 Å². The van der Waals surface area contributed by atoms with Gasteiger partial charge in [-0.3, -0.25) is 0 Å². The third-order valence-corrected chi connectivity index (χ3v) is 4.85. The molecule has 0 aliphatic heterocycles. The van der Waals surface area contributed by atoms with E-state index in [2.05, 4.69) is 20.1 Å². The third kappa shape index (κ3) is 0.566. The van der Waals surface area contributed by atoms with Gasteiger partial charge in [-0.2, -0.15) is 0 Å². The molecule has 4 fully saturated rings. The first-order chi connectivity index (χ1) is 6.05. The maximum absolute atomic E-state index is 10.5. The fourth-order valence-corrected chi connectivity index (χ4v) is 4.18. The van der Waals surface area contributed by atoms with Gasteiger partial charge < -0.3 is 5.11 Å². The van der Waals surface area contributed by atoms with Crippen LogP contribution in [0, 0.1) is 23.2 Å². The molecule has 0 spiro atoms. The molecule has 4 aliphatic carbocycles. The van der Waals surface area contributed by atoms with E-state index in [-0.39, 0.29) is 0 Å². The van der Waals surface area contributed by atoms with Gasteiger partial charge in [-0.05, 0) is 24.2 Å². The first kappa shape index (κ1) is 7.81. The van der Waals surface area contributed by atoms with E-state index >= 15 is 0 Å². The monoisotopic (exact) mass is 176 g/mol. The molecule has 4 saturated carbocycles. The third-order valence-electron chi connectivity index (χ3n) is 4.85. The summed E-state index contributed by atoms with van der Waals surface area (Å²) in [7, 11) is 0. The smallest absolute Gasteiger partial charge is 0.0929 e. The second kappa shape index (κ2) is 1.78. The zero-order valence-corrected chi connectivity index (χ0v) is 8.09. The zero-order chi connectivity index (χ0) is 9.43. The number of hydrogen-bond donors (Lipinski definition) is 1. The van der Waals surface area contributed by atoms with Gasteiger partial charge in [-0.15, -0.1) is 6.58 Å². The fraction of sp³-hybridized carbons (Fsp3) is 0.667. The fourth-order valence-electron chi connectivity index (χ4n) is 4.18. The highest BCUT2D eigenvalue weighted by molar-refractivity contribution is 5.43. The highest BCUT2D eigenvalue weighted by Crippen LogP contribution is 2.80. The van der Waals surface area contributed by atoms with Gasteiger partial charge in [0.15, 0.2) is 0 Å². The van der Waals surface area contributed by atoms with Crippen LogP contribution >= 0.6 is 0 Å². The van der Waals surface area contributed by atoms with Crippen molar-refractivity contribution in [2.75, 3.05) is 0 Å². The van der Waals surface area contributed by atoms with Crippen LogP contribution in [0.5, 0.6) is 0 Å². The van der Waals surface area contributed by atoms with Gasteiger partial charge in [-0.1, -0.05) is 25.2 Å². The Morgan fingerprint density at radius 1 is 1.62 bits per heavy atom. The molecule has 0 heterocycles. The molecule has 1 heteroatoms. The van der Waals surface area contributed by atoms with Crippen molar-refractivity contribution in [3.63, 3.8) is 0 Å². The second-order valence-corrected chi connectivity index (χ2v) is 5.22. The molecule has 0 aromatic carbocycles. The summed E-state index contributed by atoms with van der Waals surface area (Å²) < 4.78 is 0. The maximum Gasteiger partial charge on any atom is 0.0929 e. The Hall–Kier alpha value is -0.560. The normalized spacial score (nSPS) is 62.3. The highest BCUT2D eigenvalue weighted by Gasteiger charge is 2.78. The molecular formula is C12H16O. The second-order valence-electron chi connectivity index (χ2n) is 5.22. The lowest BCUT2D eigenvalue weighted by atomic mass is 9.68. The Morgan fingerprint density at radius 2 is 2.31 bits per heavy atom. The summed E-state index contributed by atoms with van der Waals surface area (Å²) in [6.45, 7) is 10.2. The van der Waals surface area contributed by atoms with Crippen molar-refractivity contribution in [3.05, 3.63) is 24.8 Å². The SMILES string of the molecule is C=C[C@@]1(O)[C@@H]2CC[C@@]3(C)[C@@H](C2=C)[C@@H]13. The quantitative estimate of drug-likeness (QED) is 0.607. The minimum absolute atomic E-state index is 0.307. The summed E-state index contributed by atoms with van der Waals surface area (Å²) in [6.07, 6.45) is 4.13. The Kier molecular flexibility index (Phi) is 1.07. The van der Waals surface area contributed by atoms with Gasteiger partial charge in [0.1, 0.15) is 0 Å². The van der Waals surface area contributed by atoms with Crippen LogP contribution in [0.3, 0.4) is 0 Å². The Bertz CT molecular complexity index is 319. The molecule has 0 amide bonds. The first-order valence-electron chi connectivity index (χ1n) is 5.10. The Balaban J connectivity index is 2.14. The Labute approximate surface area is 79.2 Å². The van der Waals surface area contributed by atoms with Crippen molar-refractivity contribution in [3.8, 4) is 0 Å². The van der Waals surface area contributed by atoms with Crippen LogP contribution in [-0.2, 0) is 0 Å². The van der Waals surface area contributed by atoms with Crippen LogP contribution in [0.2, 0.25) is 0 Å². The maximum atomic E-state index is 10.5. The first-order valence-corrected chi connectivity index (χ1v) is 5.10. The Morgan fingerprint density at radius 3 is 2.69 bits per heavy atom. The number of rotatable bonds is 1. The summed E-state index contributed by atoms with van der Waals surface area (Å²) in [5, 5.41) is 10.5. The van der Waals surface area contributed by atoms with Gasteiger partial charge >= 0.3 is 0 Å². The molecule has 13 heavy (non-hydrogen) atoms. The summed E-state index contributed by atoms with van der Waals surface area (Å²) >= 11 is 0. The van der Waals surface area contributed by atoms with Crippen molar-refractivity contribution in [1.82, 2.24) is 0 Å². The molecule has 0 unspecified atom stereocenters. The van der Waals surface area contributed by atoms with Crippen LogP contribution < -0.4 is 0 Å².